The third kappa shape index (κ3) is 2.88. The van der Waals surface area contributed by atoms with Crippen LogP contribution in [0.25, 0.3) is 0 Å². The van der Waals surface area contributed by atoms with Gasteiger partial charge in [0.1, 0.15) is 11.6 Å². The lowest BCUT2D eigenvalue weighted by Crippen LogP contribution is -2.32. The number of hydrogen-bond acceptors (Lipinski definition) is 3. The van der Waals surface area contributed by atoms with E-state index < -0.39 is 11.9 Å². The molecule has 0 amide bonds. The summed E-state index contributed by atoms with van der Waals surface area (Å²) in [7, 11) is 0. The van der Waals surface area contributed by atoms with Crippen LogP contribution in [0.15, 0.2) is 0 Å². The first kappa shape index (κ1) is 11.9. The van der Waals surface area contributed by atoms with Crippen molar-refractivity contribution >= 4 is 17.5 Å². The molecule has 0 saturated heterocycles. The molecule has 0 aromatic carbocycles. The molecular weight excluding hydrogens is 196 g/mol. The monoisotopic (exact) mass is 212 g/mol. The molecule has 1 aliphatic carbocycles. The first-order chi connectivity index (χ1) is 6.91. The lowest BCUT2D eigenvalue weighted by atomic mass is 9.77. The molecule has 0 aromatic rings. The molecule has 4 heteroatoms. The Morgan fingerprint density at radius 1 is 1.47 bits per heavy atom. The predicted octanol–water partition coefficient (Wildman–Crippen LogP) is 1.28. The Balaban J connectivity index is 2.59. The molecule has 0 bridgehead atoms. The molecule has 1 saturated carbocycles. The van der Waals surface area contributed by atoms with Gasteiger partial charge in [-0.05, 0) is 12.8 Å². The Morgan fingerprint density at radius 3 is 2.60 bits per heavy atom. The number of ketones is 2. The van der Waals surface area contributed by atoms with E-state index >= 15 is 0 Å². The van der Waals surface area contributed by atoms with E-state index in [-0.39, 0.29) is 29.8 Å². The molecule has 15 heavy (non-hydrogen) atoms. The summed E-state index contributed by atoms with van der Waals surface area (Å²) < 4.78 is 0. The van der Waals surface area contributed by atoms with Crippen LogP contribution in [-0.4, -0.2) is 22.6 Å². The van der Waals surface area contributed by atoms with Crippen molar-refractivity contribution in [2.24, 2.45) is 17.8 Å². The fourth-order valence-electron chi connectivity index (χ4n) is 1.94. The van der Waals surface area contributed by atoms with Crippen LogP contribution in [0.4, 0.5) is 0 Å². The normalized spacial score (nSPS) is 28.9. The van der Waals surface area contributed by atoms with Crippen molar-refractivity contribution in [3.8, 4) is 0 Å². The number of carboxylic acid groups (broad SMARTS) is 1. The Morgan fingerprint density at radius 2 is 2.07 bits per heavy atom. The number of hydrogen-bond donors (Lipinski definition) is 1. The van der Waals surface area contributed by atoms with E-state index in [1.165, 1.54) is 0 Å². The van der Waals surface area contributed by atoms with Crippen LogP contribution in [-0.2, 0) is 14.4 Å². The molecule has 1 fully saturated rings. The average Bonchev–Trinajstić information content (AvgIpc) is 2.13. The molecule has 84 valence electrons. The lowest BCUT2D eigenvalue weighted by Gasteiger charge is -2.25. The highest BCUT2D eigenvalue weighted by Gasteiger charge is 2.33. The summed E-state index contributed by atoms with van der Waals surface area (Å²) in [6, 6.07) is 0. The van der Waals surface area contributed by atoms with Gasteiger partial charge < -0.3 is 5.11 Å². The van der Waals surface area contributed by atoms with Crippen molar-refractivity contribution in [2.75, 3.05) is 0 Å². The minimum atomic E-state index is -0.882. The van der Waals surface area contributed by atoms with Gasteiger partial charge in [-0.1, -0.05) is 13.8 Å². The topological polar surface area (TPSA) is 71.4 Å². The van der Waals surface area contributed by atoms with E-state index in [0.29, 0.717) is 12.8 Å². The summed E-state index contributed by atoms with van der Waals surface area (Å²) in [5.41, 5.74) is 0. The molecule has 0 heterocycles. The zero-order chi connectivity index (χ0) is 11.6. The number of aliphatic carboxylic acids is 1. The van der Waals surface area contributed by atoms with Crippen LogP contribution in [0, 0.1) is 17.8 Å². The smallest absolute Gasteiger partial charge is 0.306 e. The first-order valence-electron chi connectivity index (χ1n) is 5.20. The maximum absolute atomic E-state index is 11.5. The second kappa shape index (κ2) is 4.55. The van der Waals surface area contributed by atoms with Gasteiger partial charge >= 0.3 is 5.97 Å². The molecule has 1 rings (SSSR count). The lowest BCUT2D eigenvalue weighted by molar-refractivity contribution is -0.142. The van der Waals surface area contributed by atoms with Crippen LogP contribution in [0.2, 0.25) is 0 Å². The maximum Gasteiger partial charge on any atom is 0.306 e. The van der Waals surface area contributed by atoms with Crippen LogP contribution < -0.4 is 0 Å². The van der Waals surface area contributed by atoms with Crippen molar-refractivity contribution in [2.45, 2.75) is 33.1 Å². The van der Waals surface area contributed by atoms with Crippen molar-refractivity contribution in [1.82, 2.24) is 0 Å². The summed E-state index contributed by atoms with van der Waals surface area (Å²) >= 11 is 0. The second-order valence-electron chi connectivity index (χ2n) is 4.42. The molecule has 1 N–H and O–H groups in total. The SMILES string of the molecule is CC(CC1CC(C)C(=O)CC1=O)C(=O)O. The zero-order valence-corrected chi connectivity index (χ0v) is 9.03. The van der Waals surface area contributed by atoms with Gasteiger partial charge in [-0.15, -0.1) is 0 Å². The summed E-state index contributed by atoms with van der Waals surface area (Å²) in [5, 5.41) is 8.74. The molecular formula is C11H16O4. The molecule has 0 aliphatic heterocycles. The minimum absolute atomic E-state index is 0.0146. The van der Waals surface area contributed by atoms with Gasteiger partial charge in [-0.25, -0.2) is 0 Å². The third-order valence-corrected chi connectivity index (χ3v) is 3.05. The summed E-state index contributed by atoms with van der Waals surface area (Å²) in [6.07, 6.45) is 0.846. The Labute approximate surface area is 88.7 Å². The molecule has 0 aromatic heterocycles. The number of rotatable bonds is 3. The molecule has 0 radical (unpaired) electrons. The quantitative estimate of drug-likeness (QED) is 0.715. The average molecular weight is 212 g/mol. The standard InChI is InChI=1S/C11H16O4/c1-6-3-8(4-7(2)11(14)15)10(13)5-9(6)12/h6-8H,3-5H2,1-2H3,(H,14,15). The minimum Gasteiger partial charge on any atom is -0.481 e. The predicted molar refractivity (Wildman–Crippen MR) is 53.3 cm³/mol. The first-order valence-corrected chi connectivity index (χ1v) is 5.20. The van der Waals surface area contributed by atoms with E-state index in [0.717, 1.165) is 0 Å². The van der Waals surface area contributed by atoms with Gasteiger partial charge in [-0.3, -0.25) is 14.4 Å². The molecule has 0 spiro atoms. The highest BCUT2D eigenvalue weighted by Crippen LogP contribution is 2.28. The van der Waals surface area contributed by atoms with Crippen molar-refractivity contribution in [1.29, 1.82) is 0 Å². The third-order valence-electron chi connectivity index (χ3n) is 3.05. The van der Waals surface area contributed by atoms with E-state index in [1.807, 2.05) is 0 Å². The van der Waals surface area contributed by atoms with E-state index in [4.69, 9.17) is 5.11 Å². The largest absolute Gasteiger partial charge is 0.481 e. The number of carbonyl (C=O) groups excluding carboxylic acids is 2. The van der Waals surface area contributed by atoms with Gasteiger partial charge in [0.25, 0.3) is 0 Å². The summed E-state index contributed by atoms with van der Waals surface area (Å²) in [4.78, 5) is 33.4. The van der Waals surface area contributed by atoms with Gasteiger partial charge in [0.15, 0.2) is 0 Å². The highest BCUT2D eigenvalue weighted by atomic mass is 16.4. The summed E-state index contributed by atoms with van der Waals surface area (Å²) in [5.74, 6) is -1.85. The molecule has 3 atom stereocenters. The van der Waals surface area contributed by atoms with Crippen LogP contribution in [0.5, 0.6) is 0 Å². The van der Waals surface area contributed by atoms with E-state index in [2.05, 4.69) is 0 Å². The summed E-state index contributed by atoms with van der Waals surface area (Å²) in [6.45, 7) is 3.39. The van der Waals surface area contributed by atoms with Crippen molar-refractivity contribution < 1.29 is 19.5 Å². The van der Waals surface area contributed by atoms with E-state index in [1.54, 1.807) is 13.8 Å². The molecule has 3 unspecified atom stereocenters. The fourth-order valence-corrected chi connectivity index (χ4v) is 1.94. The van der Waals surface area contributed by atoms with Crippen molar-refractivity contribution in [3.63, 3.8) is 0 Å². The van der Waals surface area contributed by atoms with Crippen LogP contribution in [0.3, 0.4) is 0 Å². The van der Waals surface area contributed by atoms with Gasteiger partial charge in [0.05, 0.1) is 12.3 Å². The highest BCUT2D eigenvalue weighted by molar-refractivity contribution is 6.03. The van der Waals surface area contributed by atoms with Crippen LogP contribution >= 0.6 is 0 Å². The van der Waals surface area contributed by atoms with Crippen LogP contribution in [0.1, 0.15) is 33.1 Å². The van der Waals surface area contributed by atoms with Crippen molar-refractivity contribution in [3.05, 3.63) is 0 Å². The van der Waals surface area contributed by atoms with Gasteiger partial charge in [-0.2, -0.15) is 0 Å². The Hall–Kier alpha value is -1.19. The van der Waals surface area contributed by atoms with E-state index in [9.17, 15) is 14.4 Å². The molecule has 4 nitrogen and oxygen atoms in total. The van der Waals surface area contributed by atoms with Gasteiger partial charge in [0.2, 0.25) is 0 Å². The second-order valence-corrected chi connectivity index (χ2v) is 4.42. The molecule has 1 aliphatic rings. The number of Topliss-reactive ketones (excluding diaryl/α,β-unsaturated/α-hetero) is 2. The van der Waals surface area contributed by atoms with Gasteiger partial charge in [0, 0.05) is 11.8 Å². The Kier molecular flexibility index (Phi) is 3.61. The number of carboxylic acids is 1. The number of carbonyl (C=O) groups is 3. The Bertz CT molecular complexity index is 295. The zero-order valence-electron chi connectivity index (χ0n) is 9.03. The maximum atomic E-state index is 11.5. The fraction of sp³-hybridized carbons (Fsp3) is 0.727.